The summed E-state index contributed by atoms with van der Waals surface area (Å²) in [6, 6.07) is 0.379. The van der Waals surface area contributed by atoms with E-state index < -0.39 is 0 Å². The van der Waals surface area contributed by atoms with Crippen LogP contribution in [0.15, 0.2) is 4.99 Å². The molecule has 0 aliphatic heterocycles. The van der Waals surface area contributed by atoms with Gasteiger partial charge in [-0.15, -0.1) is 0 Å². The van der Waals surface area contributed by atoms with E-state index in [4.69, 9.17) is 0 Å². The third kappa shape index (κ3) is 10.6. The van der Waals surface area contributed by atoms with Crippen molar-refractivity contribution in [2.24, 2.45) is 10.9 Å². The molecule has 0 bridgehead atoms. The van der Waals surface area contributed by atoms with Crippen molar-refractivity contribution in [1.29, 1.82) is 0 Å². The molecule has 1 unspecified atom stereocenters. The van der Waals surface area contributed by atoms with Crippen molar-refractivity contribution in [2.45, 2.75) is 59.4 Å². The number of esters is 1. The highest BCUT2D eigenvalue weighted by Gasteiger charge is 2.06. The molecule has 0 aromatic heterocycles. The molecule has 5 nitrogen and oxygen atoms in total. The van der Waals surface area contributed by atoms with Gasteiger partial charge in [0.25, 0.3) is 0 Å². The first-order valence-electron chi connectivity index (χ1n) is 7.61. The summed E-state index contributed by atoms with van der Waals surface area (Å²) in [6.45, 7) is 9.94. The van der Waals surface area contributed by atoms with Gasteiger partial charge in [-0.3, -0.25) is 9.79 Å². The van der Waals surface area contributed by atoms with Crippen LogP contribution in [0.1, 0.15) is 53.4 Å². The molecule has 0 aliphatic rings. The van der Waals surface area contributed by atoms with Gasteiger partial charge in [-0.1, -0.05) is 26.7 Å². The molecule has 0 aromatic carbocycles. The normalized spacial score (nSPS) is 13.2. The third-order valence-electron chi connectivity index (χ3n) is 2.96. The Kier molecular flexibility index (Phi) is 10.8. The fraction of sp³-hybridized carbons (Fsp3) is 0.867. The SMILES string of the molecule is CCNC(=NCCC(=O)OC)NC(C)CCCC(C)C. The Bertz CT molecular complexity index is 291. The molecule has 0 radical (unpaired) electrons. The number of guanidine groups is 1. The highest BCUT2D eigenvalue weighted by atomic mass is 16.5. The lowest BCUT2D eigenvalue weighted by Crippen LogP contribution is -2.42. The minimum absolute atomic E-state index is 0.227. The molecule has 0 aromatic rings. The fourth-order valence-electron chi connectivity index (χ4n) is 1.82. The lowest BCUT2D eigenvalue weighted by molar-refractivity contribution is -0.140. The highest BCUT2D eigenvalue weighted by Crippen LogP contribution is 2.08. The molecular formula is C15H31N3O2. The zero-order valence-electron chi connectivity index (χ0n) is 13.7. The summed E-state index contributed by atoms with van der Waals surface area (Å²) in [6.07, 6.45) is 3.91. The lowest BCUT2D eigenvalue weighted by atomic mass is 10.0. The van der Waals surface area contributed by atoms with Crippen LogP contribution in [0.5, 0.6) is 0 Å². The number of hydrogen-bond acceptors (Lipinski definition) is 3. The number of nitrogens with zero attached hydrogens (tertiary/aromatic N) is 1. The number of ether oxygens (including phenoxy) is 1. The van der Waals surface area contributed by atoms with E-state index in [1.54, 1.807) is 0 Å². The molecule has 5 heteroatoms. The summed E-state index contributed by atoms with van der Waals surface area (Å²) >= 11 is 0. The molecule has 20 heavy (non-hydrogen) atoms. The Labute approximate surface area is 123 Å². The number of carbonyl (C=O) groups excluding carboxylic acids is 1. The van der Waals surface area contributed by atoms with Crippen molar-refractivity contribution in [1.82, 2.24) is 10.6 Å². The van der Waals surface area contributed by atoms with Gasteiger partial charge in [-0.25, -0.2) is 0 Å². The Morgan fingerprint density at radius 2 is 1.95 bits per heavy atom. The van der Waals surface area contributed by atoms with Gasteiger partial charge in [-0.2, -0.15) is 0 Å². The highest BCUT2D eigenvalue weighted by molar-refractivity contribution is 5.80. The number of rotatable bonds is 9. The minimum Gasteiger partial charge on any atom is -0.469 e. The zero-order valence-corrected chi connectivity index (χ0v) is 13.7. The van der Waals surface area contributed by atoms with Crippen molar-refractivity contribution < 1.29 is 9.53 Å². The van der Waals surface area contributed by atoms with Gasteiger partial charge in [0.2, 0.25) is 0 Å². The van der Waals surface area contributed by atoms with E-state index in [0.717, 1.165) is 24.8 Å². The number of hydrogen-bond donors (Lipinski definition) is 2. The summed E-state index contributed by atoms with van der Waals surface area (Å²) in [5.41, 5.74) is 0. The van der Waals surface area contributed by atoms with E-state index in [-0.39, 0.29) is 5.97 Å². The summed E-state index contributed by atoms with van der Waals surface area (Å²) in [4.78, 5) is 15.4. The molecule has 2 N–H and O–H groups in total. The van der Waals surface area contributed by atoms with Crippen LogP contribution in [0.25, 0.3) is 0 Å². The molecule has 0 fully saturated rings. The Morgan fingerprint density at radius 1 is 1.25 bits per heavy atom. The minimum atomic E-state index is -0.227. The molecule has 1 atom stereocenters. The predicted octanol–water partition coefficient (Wildman–Crippen LogP) is 2.32. The predicted molar refractivity (Wildman–Crippen MR) is 83.9 cm³/mol. The summed E-state index contributed by atoms with van der Waals surface area (Å²) in [5.74, 6) is 1.30. The van der Waals surface area contributed by atoms with Crippen molar-refractivity contribution in [2.75, 3.05) is 20.2 Å². The van der Waals surface area contributed by atoms with E-state index in [9.17, 15) is 4.79 Å². The molecule has 0 heterocycles. The molecule has 0 saturated carbocycles. The first kappa shape index (κ1) is 18.7. The average molecular weight is 285 g/mol. The molecule has 118 valence electrons. The third-order valence-corrected chi connectivity index (χ3v) is 2.96. The average Bonchev–Trinajstić information content (AvgIpc) is 2.38. The van der Waals surface area contributed by atoms with Crippen LogP contribution < -0.4 is 10.6 Å². The van der Waals surface area contributed by atoms with Crippen LogP contribution in [-0.2, 0) is 9.53 Å². The second-order valence-corrected chi connectivity index (χ2v) is 5.46. The van der Waals surface area contributed by atoms with Crippen LogP contribution in [0, 0.1) is 5.92 Å². The second kappa shape index (κ2) is 11.6. The van der Waals surface area contributed by atoms with Crippen LogP contribution in [0.4, 0.5) is 0 Å². The van der Waals surface area contributed by atoms with Crippen LogP contribution >= 0.6 is 0 Å². The number of nitrogens with one attached hydrogen (secondary N) is 2. The number of aliphatic imine (C=N–C) groups is 1. The Morgan fingerprint density at radius 3 is 2.50 bits per heavy atom. The van der Waals surface area contributed by atoms with E-state index in [2.05, 4.69) is 41.1 Å². The number of methoxy groups -OCH3 is 1. The van der Waals surface area contributed by atoms with Crippen molar-refractivity contribution >= 4 is 11.9 Å². The summed E-state index contributed by atoms with van der Waals surface area (Å²) in [5, 5.41) is 6.56. The molecular weight excluding hydrogens is 254 g/mol. The van der Waals surface area contributed by atoms with Gasteiger partial charge in [0.1, 0.15) is 0 Å². The van der Waals surface area contributed by atoms with E-state index in [0.29, 0.717) is 19.0 Å². The topological polar surface area (TPSA) is 62.7 Å². The second-order valence-electron chi connectivity index (χ2n) is 5.46. The zero-order chi connectivity index (χ0) is 15.4. The largest absolute Gasteiger partial charge is 0.469 e. The lowest BCUT2D eigenvalue weighted by Gasteiger charge is -2.18. The van der Waals surface area contributed by atoms with Gasteiger partial charge in [-0.05, 0) is 26.2 Å². The maximum absolute atomic E-state index is 11.0. The standard InChI is InChI=1S/C15H31N3O2/c1-6-16-15(17-11-10-14(19)20-5)18-13(4)9-7-8-12(2)3/h12-13H,6-11H2,1-5H3,(H2,16,17,18). The van der Waals surface area contributed by atoms with Gasteiger partial charge < -0.3 is 15.4 Å². The molecule has 0 amide bonds. The van der Waals surface area contributed by atoms with Crippen LogP contribution in [0.2, 0.25) is 0 Å². The van der Waals surface area contributed by atoms with Crippen LogP contribution in [-0.4, -0.2) is 38.2 Å². The van der Waals surface area contributed by atoms with Crippen molar-refractivity contribution in [3.05, 3.63) is 0 Å². The molecule has 0 spiro atoms. The van der Waals surface area contributed by atoms with E-state index in [1.807, 2.05) is 6.92 Å². The first-order chi connectivity index (χ1) is 9.49. The van der Waals surface area contributed by atoms with Gasteiger partial charge in [0, 0.05) is 12.6 Å². The van der Waals surface area contributed by atoms with Crippen molar-refractivity contribution in [3.63, 3.8) is 0 Å². The van der Waals surface area contributed by atoms with Gasteiger partial charge >= 0.3 is 5.97 Å². The van der Waals surface area contributed by atoms with E-state index in [1.165, 1.54) is 20.0 Å². The first-order valence-corrected chi connectivity index (χ1v) is 7.61. The van der Waals surface area contributed by atoms with Crippen molar-refractivity contribution in [3.8, 4) is 0 Å². The Hall–Kier alpha value is -1.26. The molecule has 0 rings (SSSR count). The summed E-state index contributed by atoms with van der Waals surface area (Å²) in [7, 11) is 1.40. The van der Waals surface area contributed by atoms with E-state index >= 15 is 0 Å². The summed E-state index contributed by atoms with van der Waals surface area (Å²) < 4.78 is 4.60. The maximum atomic E-state index is 11.0. The maximum Gasteiger partial charge on any atom is 0.307 e. The smallest absolute Gasteiger partial charge is 0.307 e. The van der Waals surface area contributed by atoms with Gasteiger partial charge in [0.05, 0.1) is 20.1 Å². The fourth-order valence-corrected chi connectivity index (χ4v) is 1.82. The monoisotopic (exact) mass is 285 g/mol. The molecule has 0 saturated heterocycles. The quantitative estimate of drug-likeness (QED) is 0.388. The molecule has 0 aliphatic carbocycles. The van der Waals surface area contributed by atoms with Gasteiger partial charge in [0.15, 0.2) is 5.96 Å². The van der Waals surface area contributed by atoms with Crippen LogP contribution in [0.3, 0.4) is 0 Å². The number of carbonyl (C=O) groups is 1. The Balaban J connectivity index is 4.10.